The van der Waals surface area contributed by atoms with Crippen molar-refractivity contribution in [2.75, 3.05) is 7.11 Å². The van der Waals surface area contributed by atoms with Crippen LogP contribution in [0.4, 0.5) is 0 Å². The van der Waals surface area contributed by atoms with Gasteiger partial charge in [-0.25, -0.2) is 4.98 Å². The highest BCUT2D eigenvalue weighted by Gasteiger charge is 2.14. The molecule has 2 aromatic rings. The van der Waals surface area contributed by atoms with Gasteiger partial charge in [0, 0.05) is 17.1 Å². The summed E-state index contributed by atoms with van der Waals surface area (Å²) < 4.78 is 7.87. The van der Waals surface area contributed by atoms with E-state index in [1.807, 2.05) is 18.2 Å². The number of aldehydes is 1. The molecule has 1 aromatic carbocycles. The molecule has 0 radical (unpaired) electrons. The Morgan fingerprint density at radius 3 is 2.88 bits per heavy atom. The third-order valence-electron chi connectivity index (χ3n) is 2.51. The van der Waals surface area contributed by atoms with E-state index in [4.69, 9.17) is 4.74 Å². The summed E-state index contributed by atoms with van der Waals surface area (Å²) in [6.45, 7) is 0. The lowest BCUT2D eigenvalue weighted by molar-refractivity contribution is 0.111. The summed E-state index contributed by atoms with van der Waals surface area (Å²) in [5.74, 6) is 0.690. The maximum absolute atomic E-state index is 11.1. The predicted molar refractivity (Wildman–Crippen MR) is 68.3 cm³/mol. The molecular weight excluding hydrogens is 284 g/mol. The Labute approximate surface area is 107 Å². The Bertz CT molecular complexity index is 564. The van der Waals surface area contributed by atoms with Crippen LogP contribution in [0.1, 0.15) is 10.5 Å². The van der Waals surface area contributed by atoms with Gasteiger partial charge in [0.1, 0.15) is 17.1 Å². The van der Waals surface area contributed by atoms with E-state index in [2.05, 4.69) is 20.9 Å². The molecule has 4 nitrogen and oxygen atoms in total. The first-order valence-corrected chi connectivity index (χ1v) is 5.77. The van der Waals surface area contributed by atoms with Gasteiger partial charge in [0.25, 0.3) is 0 Å². The molecule has 0 saturated carbocycles. The van der Waals surface area contributed by atoms with Gasteiger partial charge in [-0.2, -0.15) is 0 Å². The second kappa shape index (κ2) is 4.71. The molecule has 0 fully saturated rings. The number of rotatable bonds is 3. The van der Waals surface area contributed by atoms with Crippen LogP contribution in [-0.4, -0.2) is 22.9 Å². The minimum absolute atomic E-state index is 0.529. The van der Waals surface area contributed by atoms with Gasteiger partial charge in [-0.15, -0.1) is 0 Å². The zero-order valence-corrected chi connectivity index (χ0v) is 11.1. The van der Waals surface area contributed by atoms with E-state index in [-0.39, 0.29) is 0 Å². The third kappa shape index (κ3) is 2.10. The van der Waals surface area contributed by atoms with Crippen molar-refractivity contribution in [3.63, 3.8) is 0 Å². The van der Waals surface area contributed by atoms with E-state index in [1.54, 1.807) is 25.1 Å². The number of hydrogen-bond acceptors (Lipinski definition) is 3. The van der Waals surface area contributed by atoms with Gasteiger partial charge in [-0.1, -0.05) is 15.9 Å². The van der Waals surface area contributed by atoms with Crippen molar-refractivity contribution in [3.8, 4) is 17.0 Å². The van der Waals surface area contributed by atoms with Crippen molar-refractivity contribution in [2.45, 2.75) is 0 Å². The number of imidazole rings is 1. The second-order valence-electron chi connectivity index (χ2n) is 3.55. The maximum atomic E-state index is 11.1. The molecule has 0 aliphatic heterocycles. The summed E-state index contributed by atoms with van der Waals surface area (Å²) in [7, 11) is 3.38. The fourth-order valence-electron chi connectivity index (χ4n) is 1.65. The number of hydrogen-bond donors (Lipinski definition) is 0. The molecule has 0 amide bonds. The summed E-state index contributed by atoms with van der Waals surface area (Å²) in [4.78, 5) is 15.3. The number of ether oxygens (including phenoxy) is 1. The van der Waals surface area contributed by atoms with E-state index in [0.717, 1.165) is 16.3 Å². The summed E-state index contributed by atoms with van der Waals surface area (Å²) in [6, 6.07) is 5.60. The Hall–Kier alpha value is -1.62. The highest BCUT2D eigenvalue weighted by atomic mass is 79.9. The van der Waals surface area contributed by atoms with Crippen molar-refractivity contribution in [1.29, 1.82) is 0 Å². The number of methoxy groups -OCH3 is 1. The molecule has 0 unspecified atom stereocenters. The number of aromatic nitrogens is 2. The molecule has 0 spiro atoms. The van der Waals surface area contributed by atoms with E-state index in [0.29, 0.717) is 17.1 Å². The quantitative estimate of drug-likeness (QED) is 0.818. The van der Waals surface area contributed by atoms with Crippen LogP contribution < -0.4 is 4.74 Å². The molecule has 5 heteroatoms. The van der Waals surface area contributed by atoms with Crippen LogP contribution in [0.25, 0.3) is 11.3 Å². The lowest BCUT2D eigenvalue weighted by atomic mass is 10.1. The molecular formula is C12H11BrN2O2. The highest BCUT2D eigenvalue weighted by Crippen LogP contribution is 2.32. The maximum Gasteiger partial charge on any atom is 0.168 e. The smallest absolute Gasteiger partial charge is 0.168 e. The molecule has 1 heterocycles. The fraction of sp³-hybridized carbons (Fsp3) is 0.167. The molecule has 0 saturated heterocycles. The number of nitrogens with zero attached hydrogens (tertiary/aromatic N) is 2. The highest BCUT2D eigenvalue weighted by molar-refractivity contribution is 9.10. The summed E-state index contributed by atoms with van der Waals surface area (Å²) >= 11 is 3.40. The summed E-state index contributed by atoms with van der Waals surface area (Å²) in [5.41, 5.74) is 1.95. The van der Waals surface area contributed by atoms with Crippen LogP contribution in [0.2, 0.25) is 0 Å². The summed E-state index contributed by atoms with van der Waals surface area (Å²) in [6.07, 6.45) is 2.40. The van der Waals surface area contributed by atoms with E-state index < -0.39 is 0 Å². The topological polar surface area (TPSA) is 44.1 Å². The monoisotopic (exact) mass is 294 g/mol. The van der Waals surface area contributed by atoms with Crippen molar-refractivity contribution in [1.82, 2.24) is 9.55 Å². The molecule has 0 aliphatic rings. The first-order chi connectivity index (χ1) is 8.17. The Morgan fingerprint density at radius 2 is 2.24 bits per heavy atom. The lowest BCUT2D eigenvalue weighted by Crippen LogP contribution is -1.96. The van der Waals surface area contributed by atoms with Crippen LogP contribution in [-0.2, 0) is 7.05 Å². The van der Waals surface area contributed by atoms with Crippen molar-refractivity contribution in [3.05, 3.63) is 34.7 Å². The summed E-state index contributed by atoms with van der Waals surface area (Å²) in [5, 5.41) is 0. The molecule has 0 atom stereocenters. The average Bonchev–Trinajstić information content (AvgIpc) is 2.70. The van der Waals surface area contributed by atoms with Gasteiger partial charge >= 0.3 is 0 Å². The van der Waals surface area contributed by atoms with Crippen molar-refractivity contribution < 1.29 is 9.53 Å². The van der Waals surface area contributed by atoms with E-state index in [9.17, 15) is 4.79 Å². The SMILES string of the molecule is COc1ccc(Br)cc1-c1ncn(C)c1C=O. The number of halogens is 1. The van der Waals surface area contributed by atoms with Gasteiger partial charge in [0.2, 0.25) is 0 Å². The Balaban J connectivity index is 2.66. The van der Waals surface area contributed by atoms with Crippen LogP contribution in [0, 0.1) is 0 Å². The largest absolute Gasteiger partial charge is 0.496 e. The molecule has 0 N–H and O–H groups in total. The zero-order valence-electron chi connectivity index (χ0n) is 9.48. The molecule has 1 aromatic heterocycles. The van der Waals surface area contributed by atoms with Gasteiger partial charge in [0.15, 0.2) is 6.29 Å². The normalized spacial score (nSPS) is 10.3. The van der Waals surface area contributed by atoms with E-state index >= 15 is 0 Å². The van der Waals surface area contributed by atoms with Crippen LogP contribution >= 0.6 is 15.9 Å². The van der Waals surface area contributed by atoms with Crippen molar-refractivity contribution >= 4 is 22.2 Å². The van der Waals surface area contributed by atoms with Gasteiger partial charge in [-0.3, -0.25) is 4.79 Å². The Kier molecular flexibility index (Phi) is 3.28. The number of aryl methyl sites for hydroxylation is 1. The van der Waals surface area contributed by atoms with Crippen LogP contribution in [0.5, 0.6) is 5.75 Å². The predicted octanol–water partition coefficient (Wildman–Crippen LogP) is 2.67. The lowest BCUT2D eigenvalue weighted by Gasteiger charge is -2.07. The van der Waals surface area contributed by atoms with Crippen molar-refractivity contribution in [2.24, 2.45) is 7.05 Å². The minimum atomic E-state index is 0.529. The second-order valence-corrected chi connectivity index (χ2v) is 4.47. The van der Waals surface area contributed by atoms with Gasteiger partial charge < -0.3 is 9.30 Å². The first-order valence-electron chi connectivity index (χ1n) is 4.97. The standard InChI is InChI=1S/C12H11BrN2O2/c1-15-7-14-12(10(15)6-16)9-5-8(13)3-4-11(9)17-2/h3-7H,1-2H3. The fourth-order valence-corrected chi connectivity index (χ4v) is 2.01. The van der Waals surface area contributed by atoms with Gasteiger partial charge in [-0.05, 0) is 18.2 Å². The molecule has 0 bridgehead atoms. The number of carbonyl (C=O) groups is 1. The van der Waals surface area contributed by atoms with Gasteiger partial charge in [0.05, 0.1) is 13.4 Å². The molecule has 17 heavy (non-hydrogen) atoms. The third-order valence-corrected chi connectivity index (χ3v) is 3.00. The Morgan fingerprint density at radius 1 is 1.47 bits per heavy atom. The zero-order chi connectivity index (χ0) is 12.4. The van der Waals surface area contributed by atoms with Crippen LogP contribution in [0.3, 0.4) is 0 Å². The number of benzene rings is 1. The van der Waals surface area contributed by atoms with Crippen LogP contribution in [0.15, 0.2) is 29.0 Å². The molecule has 2 rings (SSSR count). The van der Waals surface area contributed by atoms with E-state index in [1.165, 1.54) is 0 Å². The number of carbonyl (C=O) groups excluding carboxylic acids is 1. The molecule has 0 aliphatic carbocycles. The molecule has 88 valence electrons. The first kappa shape index (κ1) is 11.9. The minimum Gasteiger partial charge on any atom is -0.496 e. The average molecular weight is 295 g/mol.